The Balaban J connectivity index is 0.000000141. The number of phenolic OH excluding ortho intramolecular Hbond substituents is 2. The van der Waals surface area contributed by atoms with Gasteiger partial charge in [0.15, 0.2) is 0 Å². The quantitative estimate of drug-likeness (QED) is 0.719. The van der Waals surface area contributed by atoms with Crippen LogP contribution in [0.15, 0.2) is 72.9 Å². The van der Waals surface area contributed by atoms with Gasteiger partial charge in [-0.05, 0) is 25.0 Å². The molecule has 0 saturated carbocycles. The Morgan fingerprint density at radius 2 is 1.06 bits per heavy atom. The van der Waals surface area contributed by atoms with Gasteiger partial charge >= 0.3 is 0 Å². The first kappa shape index (κ1) is 13.8. The summed E-state index contributed by atoms with van der Waals surface area (Å²) in [5.74, 6) is 0.176. The molecule has 0 saturated heterocycles. The fraction of sp³-hybridized carbons (Fsp3) is 0.125. The number of benzene rings is 1. The molecule has 0 heterocycles. The van der Waals surface area contributed by atoms with Crippen LogP contribution in [-0.2, 0) is 0 Å². The lowest BCUT2D eigenvalue weighted by atomic mass is 10.3. The van der Waals surface area contributed by atoms with E-state index in [-0.39, 0.29) is 11.5 Å². The highest BCUT2D eigenvalue weighted by molar-refractivity contribution is 5.30. The summed E-state index contributed by atoms with van der Waals surface area (Å²) in [4.78, 5) is 0. The molecule has 18 heavy (non-hydrogen) atoms. The van der Waals surface area contributed by atoms with E-state index in [0.717, 1.165) is 12.8 Å². The fourth-order valence-electron chi connectivity index (χ4n) is 1.28. The van der Waals surface area contributed by atoms with Gasteiger partial charge < -0.3 is 10.2 Å². The number of aromatic hydroxyl groups is 2. The molecule has 2 aliphatic rings. The molecule has 0 bridgehead atoms. The Kier molecular flexibility index (Phi) is 6.83. The normalized spacial score (nSPS) is 13.8. The lowest BCUT2D eigenvalue weighted by Crippen LogP contribution is -1.61. The van der Waals surface area contributed by atoms with E-state index in [2.05, 4.69) is 48.6 Å². The number of hydrogen-bond acceptors (Lipinski definition) is 2. The van der Waals surface area contributed by atoms with E-state index in [0.29, 0.717) is 0 Å². The van der Waals surface area contributed by atoms with Crippen LogP contribution >= 0.6 is 0 Å². The molecule has 0 aliphatic heterocycles. The van der Waals surface area contributed by atoms with Crippen molar-refractivity contribution in [3.8, 4) is 11.5 Å². The predicted octanol–water partition coefficient (Wildman–Crippen LogP) is 4.10. The molecular formula is C16H18O2. The van der Waals surface area contributed by atoms with Gasteiger partial charge in [-0.15, -0.1) is 0 Å². The summed E-state index contributed by atoms with van der Waals surface area (Å²) in [7, 11) is 0. The van der Waals surface area contributed by atoms with Crippen molar-refractivity contribution < 1.29 is 10.2 Å². The largest absolute Gasteiger partial charge is 0.508 e. The second-order valence-corrected chi connectivity index (χ2v) is 3.70. The van der Waals surface area contributed by atoms with Crippen molar-refractivity contribution in [2.75, 3.05) is 0 Å². The number of hydrogen-bond donors (Lipinski definition) is 2. The first-order chi connectivity index (χ1) is 8.79. The Labute approximate surface area is 108 Å². The predicted molar refractivity (Wildman–Crippen MR) is 75.6 cm³/mol. The summed E-state index contributed by atoms with van der Waals surface area (Å²) in [6.07, 6.45) is 19.0. The van der Waals surface area contributed by atoms with Gasteiger partial charge in [-0.2, -0.15) is 0 Å². The zero-order valence-corrected chi connectivity index (χ0v) is 10.2. The van der Waals surface area contributed by atoms with Crippen LogP contribution in [0.25, 0.3) is 0 Å². The third kappa shape index (κ3) is 7.12. The molecule has 2 aliphatic carbocycles. The molecule has 0 atom stereocenters. The molecule has 0 amide bonds. The zero-order valence-electron chi connectivity index (χ0n) is 10.2. The van der Waals surface area contributed by atoms with Crippen LogP contribution in [0, 0.1) is 0 Å². The van der Waals surface area contributed by atoms with Crippen LogP contribution < -0.4 is 0 Å². The van der Waals surface area contributed by atoms with E-state index in [1.54, 1.807) is 6.07 Å². The van der Waals surface area contributed by atoms with Gasteiger partial charge in [0, 0.05) is 6.07 Å². The first-order valence-corrected chi connectivity index (χ1v) is 5.90. The van der Waals surface area contributed by atoms with E-state index >= 15 is 0 Å². The van der Waals surface area contributed by atoms with Gasteiger partial charge in [0.2, 0.25) is 0 Å². The Hall–Kier alpha value is -2.22. The van der Waals surface area contributed by atoms with E-state index in [1.807, 2.05) is 0 Å². The Morgan fingerprint density at radius 3 is 1.22 bits per heavy atom. The molecule has 2 nitrogen and oxygen atoms in total. The van der Waals surface area contributed by atoms with Gasteiger partial charge in [0.1, 0.15) is 11.5 Å². The van der Waals surface area contributed by atoms with E-state index < -0.39 is 0 Å². The third-order valence-corrected chi connectivity index (χ3v) is 2.14. The lowest BCUT2D eigenvalue weighted by molar-refractivity contribution is 0.450. The number of rotatable bonds is 0. The number of allylic oxidation sites excluding steroid dienone is 8. The maximum Gasteiger partial charge on any atom is 0.119 e. The van der Waals surface area contributed by atoms with E-state index in [1.165, 1.54) is 18.2 Å². The van der Waals surface area contributed by atoms with Crippen molar-refractivity contribution in [3.05, 3.63) is 72.9 Å². The van der Waals surface area contributed by atoms with Crippen LogP contribution in [0.5, 0.6) is 11.5 Å². The molecular weight excluding hydrogens is 224 g/mol. The SMILES string of the molecule is C1=CCC=C1.C1=CCC=C1.Oc1cccc(O)c1. The molecule has 0 aromatic heterocycles. The molecule has 2 heteroatoms. The average molecular weight is 242 g/mol. The molecule has 1 aromatic carbocycles. The summed E-state index contributed by atoms with van der Waals surface area (Å²) in [6.45, 7) is 0. The van der Waals surface area contributed by atoms with Crippen molar-refractivity contribution in [2.24, 2.45) is 0 Å². The minimum absolute atomic E-state index is 0.0880. The summed E-state index contributed by atoms with van der Waals surface area (Å²) in [5, 5.41) is 17.3. The van der Waals surface area contributed by atoms with Crippen LogP contribution in [0.1, 0.15) is 12.8 Å². The first-order valence-electron chi connectivity index (χ1n) is 5.90. The topological polar surface area (TPSA) is 40.5 Å². The van der Waals surface area contributed by atoms with E-state index in [9.17, 15) is 0 Å². The molecule has 94 valence electrons. The monoisotopic (exact) mass is 242 g/mol. The number of phenols is 2. The van der Waals surface area contributed by atoms with Crippen molar-refractivity contribution in [2.45, 2.75) is 12.8 Å². The van der Waals surface area contributed by atoms with Crippen molar-refractivity contribution in [3.63, 3.8) is 0 Å². The maximum absolute atomic E-state index is 8.65. The highest BCUT2D eigenvalue weighted by Crippen LogP contribution is 2.14. The molecule has 2 N–H and O–H groups in total. The smallest absolute Gasteiger partial charge is 0.119 e. The standard InChI is InChI=1S/C6H6O2.2C5H6/c7-5-2-1-3-6(8)4-5;2*1-2-4-5-3-1/h1-4,7-8H;2*1-4H,5H2. The minimum atomic E-state index is 0.0880. The van der Waals surface area contributed by atoms with Crippen LogP contribution in [0.2, 0.25) is 0 Å². The highest BCUT2D eigenvalue weighted by Gasteiger charge is 1.85. The molecule has 0 spiro atoms. The lowest BCUT2D eigenvalue weighted by Gasteiger charge is -1.89. The van der Waals surface area contributed by atoms with Gasteiger partial charge in [-0.1, -0.05) is 54.7 Å². The summed E-state index contributed by atoms with van der Waals surface area (Å²) >= 11 is 0. The zero-order chi connectivity index (χ0) is 13.1. The summed E-state index contributed by atoms with van der Waals surface area (Å²) in [5.41, 5.74) is 0. The van der Waals surface area contributed by atoms with Gasteiger partial charge in [0.05, 0.1) is 0 Å². The second kappa shape index (κ2) is 8.88. The second-order valence-electron chi connectivity index (χ2n) is 3.70. The molecule has 0 unspecified atom stereocenters. The van der Waals surface area contributed by atoms with Gasteiger partial charge in [-0.3, -0.25) is 0 Å². The molecule has 3 rings (SSSR count). The molecule has 0 radical (unpaired) electrons. The van der Waals surface area contributed by atoms with Crippen LogP contribution in [0.3, 0.4) is 0 Å². The Bertz CT molecular complexity index is 395. The van der Waals surface area contributed by atoms with Gasteiger partial charge in [0.25, 0.3) is 0 Å². The van der Waals surface area contributed by atoms with Crippen molar-refractivity contribution in [1.82, 2.24) is 0 Å². The summed E-state index contributed by atoms with van der Waals surface area (Å²) < 4.78 is 0. The van der Waals surface area contributed by atoms with Crippen molar-refractivity contribution in [1.29, 1.82) is 0 Å². The molecule has 1 aromatic rings. The summed E-state index contributed by atoms with van der Waals surface area (Å²) in [6, 6.07) is 5.85. The minimum Gasteiger partial charge on any atom is -0.508 e. The third-order valence-electron chi connectivity index (χ3n) is 2.14. The van der Waals surface area contributed by atoms with Crippen LogP contribution in [-0.4, -0.2) is 10.2 Å². The average Bonchev–Trinajstić information content (AvgIpc) is 3.09. The van der Waals surface area contributed by atoms with E-state index in [4.69, 9.17) is 10.2 Å². The van der Waals surface area contributed by atoms with Gasteiger partial charge in [-0.25, -0.2) is 0 Å². The maximum atomic E-state index is 8.65. The molecule has 0 fully saturated rings. The fourth-order valence-corrected chi connectivity index (χ4v) is 1.28. The van der Waals surface area contributed by atoms with Crippen molar-refractivity contribution >= 4 is 0 Å². The van der Waals surface area contributed by atoms with Crippen LogP contribution in [0.4, 0.5) is 0 Å². The highest BCUT2D eigenvalue weighted by atomic mass is 16.3. The Morgan fingerprint density at radius 1 is 0.667 bits per heavy atom.